The second-order valence-electron chi connectivity index (χ2n) is 5.19. The molecule has 0 aliphatic rings. The molecule has 0 atom stereocenters. The lowest BCUT2D eigenvalue weighted by Crippen LogP contribution is -2.08. The zero-order chi connectivity index (χ0) is 15.6. The average Bonchev–Trinajstić information content (AvgIpc) is 2.40. The summed E-state index contributed by atoms with van der Waals surface area (Å²) in [5, 5.41) is 0. The predicted molar refractivity (Wildman–Crippen MR) is 80.6 cm³/mol. The topological polar surface area (TPSA) is 52.3 Å². The van der Waals surface area contributed by atoms with E-state index in [-0.39, 0.29) is 17.9 Å². The first-order chi connectivity index (χ1) is 9.88. The number of hydrogen-bond donors (Lipinski definition) is 1. The van der Waals surface area contributed by atoms with Crippen LogP contribution in [0.15, 0.2) is 30.3 Å². The molecule has 0 unspecified atom stereocenters. The number of carbonyl (C=O) groups excluding carboxylic acids is 1. The van der Waals surface area contributed by atoms with Crippen LogP contribution in [-0.4, -0.2) is 5.97 Å². The number of nitrogen functional groups attached to an aromatic ring is 1. The van der Waals surface area contributed by atoms with Crippen LogP contribution in [0.5, 0.6) is 0 Å². The number of rotatable bonds is 3. The lowest BCUT2D eigenvalue weighted by molar-refractivity contribution is 0.0471. The Labute approximate surface area is 123 Å². The number of carbonyl (C=O) groups is 1. The lowest BCUT2D eigenvalue weighted by Gasteiger charge is -2.12. The maximum atomic E-state index is 13.3. The van der Waals surface area contributed by atoms with Crippen LogP contribution >= 0.6 is 0 Å². The SMILES string of the molecule is Cc1cc(C)c(COC(=O)c2ccc(N)c(F)c2)c(C)c1. The normalized spacial score (nSPS) is 10.5. The minimum absolute atomic E-state index is 0.0109. The van der Waals surface area contributed by atoms with E-state index in [0.29, 0.717) is 0 Å². The van der Waals surface area contributed by atoms with Crippen molar-refractivity contribution < 1.29 is 13.9 Å². The van der Waals surface area contributed by atoms with Crippen LogP contribution in [0.3, 0.4) is 0 Å². The molecule has 0 saturated carbocycles. The van der Waals surface area contributed by atoms with E-state index >= 15 is 0 Å². The van der Waals surface area contributed by atoms with Gasteiger partial charge < -0.3 is 10.5 Å². The van der Waals surface area contributed by atoms with Crippen molar-refractivity contribution in [3.05, 3.63) is 64.0 Å². The molecule has 3 nitrogen and oxygen atoms in total. The first kappa shape index (κ1) is 15.0. The van der Waals surface area contributed by atoms with Crippen LogP contribution < -0.4 is 5.73 Å². The van der Waals surface area contributed by atoms with E-state index in [0.717, 1.165) is 22.8 Å². The van der Waals surface area contributed by atoms with Gasteiger partial charge in [0, 0.05) is 0 Å². The fourth-order valence-corrected chi connectivity index (χ4v) is 2.31. The van der Waals surface area contributed by atoms with E-state index in [1.54, 1.807) is 0 Å². The monoisotopic (exact) mass is 287 g/mol. The van der Waals surface area contributed by atoms with Crippen molar-refractivity contribution in [2.75, 3.05) is 5.73 Å². The van der Waals surface area contributed by atoms with Gasteiger partial charge in [0.25, 0.3) is 0 Å². The molecule has 0 saturated heterocycles. The maximum absolute atomic E-state index is 13.3. The van der Waals surface area contributed by atoms with Crippen LogP contribution in [0.2, 0.25) is 0 Å². The number of anilines is 1. The van der Waals surface area contributed by atoms with E-state index < -0.39 is 11.8 Å². The Balaban J connectivity index is 2.13. The van der Waals surface area contributed by atoms with Gasteiger partial charge >= 0.3 is 5.97 Å². The Morgan fingerprint density at radius 1 is 1.14 bits per heavy atom. The van der Waals surface area contributed by atoms with Crippen LogP contribution in [0.25, 0.3) is 0 Å². The van der Waals surface area contributed by atoms with Gasteiger partial charge in [-0.05, 0) is 55.7 Å². The molecule has 2 N–H and O–H groups in total. The summed E-state index contributed by atoms with van der Waals surface area (Å²) in [6.45, 7) is 6.15. The van der Waals surface area contributed by atoms with E-state index in [4.69, 9.17) is 10.5 Å². The van der Waals surface area contributed by atoms with Crippen molar-refractivity contribution in [2.24, 2.45) is 0 Å². The Morgan fingerprint density at radius 3 is 2.33 bits per heavy atom. The molecule has 2 aromatic carbocycles. The summed E-state index contributed by atoms with van der Waals surface area (Å²) in [6.07, 6.45) is 0. The zero-order valence-corrected chi connectivity index (χ0v) is 12.4. The number of benzene rings is 2. The Morgan fingerprint density at radius 2 is 1.76 bits per heavy atom. The van der Waals surface area contributed by atoms with Crippen LogP contribution in [0, 0.1) is 26.6 Å². The first-order valence-electron chi connectivity index (χ1n) is 6.67. The summed E-state index contributed by atoms with van der Waals surface area (Å²) in [4.78, 5) is 11.9. The Hall–Kier alpha value is -2.36. The fourth-order valence-electron chi connectivity index (χ4n) is 2.31. The highest BCUT2D eigenvalue weighted by Crippen LogP contribution is 2.19. The molecule has 0 bridgehead atoms. The van der Waals surface area contributed by atoms with Gasteiger partial charge in [0.1, 0.15) is 12.4 Å². The molecule has 0 fully saturated rings. The third-order valence-electron chi connectivity index (χ3n) is 3.42. The molecule has 21 heavy (non-hydrogen) atoms. The van der Waals surface area contributed by atoms with E-state index in [1.165, 1.54) is 17.7 Å². The van der Waals surface area contributed by atoms with Crippen molar-refractivity contribution in [3.8, 4) is 0 Å². The molecule has 2 aromatic rings. The third kappa shape index (κ3) is 3.40. The number of nitrogens with two attached hydrogens (primary N) is 1. The van der Waals surface area contributed by atoms with Gasteiger partial charge in [-0.25, -0.2) is 9.18 Å². The van der Waals surface area contributed by atoms with Crippen molar-refractivity contribution in [2.45, 2.75) is 27.4 Å². The standard InChI is InChI=1S/C17H18FNO2/c1-10-6-11(2)14(12(3)7-10)9-21-17(20)13-4-5-16(19)15(18)8-13/h4-8H,9,19H2,1-3H3. The van der Waals surface area contributed by atoms with Gasteiger partial charge in [0.2, 0.25) is 0 Å². The summed E-state index contributed by atoms with van der Waals surface area (Å²) in [5.74, 6) is -1.18. The number of halogens is 1. The summed E-state index contributed by atoms with van der Waals surface area (Å²) in [5.41, 5.74) is 9.84. The van der Waals surface area contributed by atoms with Gasteiger partial charge in [-0.15, -0.1) is 0 Å². The van der Waals surface area contributed by atoms with Gasteiger partial charge in [0.05, 0.1) is 11.3 Å². The van der Waals surface area contributed by atoms with Crippen LogP contribution in [0.1, 0.15) is 32.6 Å². The number of esters is 1. The van der Waals surface area contributed by atoms with Gasteiger partial charge in [-0.3, -0.25) is 0 Å². The van der Waals surface area contributed by atoms with E-state index in [2.05, 4.69) is 0 Å². The summed E-state index contributed by atoms with van der Waals surface area (Å²) in [7, 11) is 0. The van der Waals surface area contributed by atoms with Crippen molar-refractivity contribution in [3.63, 3.8) is 0 Å². The smallest absolute Gasteiger partial charge is 0.338 e. The largest absolute Gasteiger partial charge is 0.457 e. The number of aryl methyl sites for hydroxylation is 3. The Kier molecular flexibility index (Phi) is 4.26. The highest BCUT2D eigenvalue weighted by atomic mass is 19.1. The van der Waals surface area contributed by atoms with Gasteiger partial charge in [-0.2, -0.15) is 0 Å². The highest BCUT2D eigenvalue weighted by Gasteiger charge is 2.12. The molecule has 2 rings (SSSR count). The second-order valence-corrected chi connectivity index (χ2v) is 5.19. The quantitative estimate of drug-likeness (QED) is 0.692. The van der Waals surface area contributed by atoms with Crippen molar-refractivity contribution in [1.29, 1.82) is 0 Å². The minimum atomic E-state index is -0.618. The molecule has 0 aliphatic heterocycles. The summed E-state index contributed by atoms with van der Waals surface area (Å²) >= 11 is 0. The van der Waals surface area contributed by atoms with Crippen LogP contribution in [-0.2, 0) is 11.3 Å². The van der Waals surface area contributed by atoms with Crippen molar-refractivity contribution in [1.82, 2.24) is 0 Å². The minimum Gasteiger partial charge on any atom is -0.457 e. The molecule has 0 aliphatic carbocycles. The molecule has 0 spiro atoms. The third-order valence-corrected chi connectivity index (χ3v) is 3.42. The first-order valence-corrected chi connectivity index (χ1v) is 6.67. The van der Waals surface area contributed by atoms with Crippen molar-refractivity contribution >= 4 is 11.7 Å². The molecule has 0 aromatic heterocycles. The zero-order valence-electron chi connectivity index (χ0n) is 12.4. The molecular formula is C17H18FNO2. The molecule has 0 heterocycles. The van der Waals surface area contributed by atoms with Gasteiger partial charge in [0.15, 0.2) is 0 Å². The predicted octanol–water partition coefficient (Wildman–Crippen LogP) is 3.69. The lowest BCUT2D eigenvalue weighted by atomic mass is 10.0. The molecule has 4 heteroatoms. The van der Waals surface area contributed by atoms with E-state index in [1.807, 2.05) is 32.9 Å². The molecule has 110 valence electrons. The fraction of sp³-hybridized carbons (Fsp3) is 0.235. The van der Waals surface area contributed by atoms with Gasteiger partial charge in [-0.1, -0.05) is 17.7 Å². The second kappa shape index (κ2) is 5.95. The number of hydrogen-bond acceptors (Lipinski definition) is 3. The summed E-state index contributed by atoms with van der Waals surface area (Å²) < 4.78 is 18.6. The summed E-state index contributed by atoms with van der Waals surface area (Å²) in [6, 6.07) is 7.98. The van der Waals surface area contributed by atoms with Crippen LogP contribution in [0.4, 0.5) is 10.1 Å². The highest BCUT2D eigenvalue weighted by molar-refractivity contribution is 5.89. The Bertz CT molecular complexity index is 672. The molecular weight excluding hydrogens is 269 g/mol. The number of ether oxygens (including phenoxy) is 1. The average molecular weight is 287 g/mol. The molecule has 0 amide bonds. The molecule has 0 radical (unpaired) electrons. The maximum Gasteiger partial charge on any atom is 0.338 e. The van der Waals surface area contributed by atoms with E-state index in [9.17, 15) is 9.18 Å².